The van der Waals surface area contributed by atoms with E-state index < -0.39 is 79.2 Å². The van der Waals surface area contributed by atoms with Crippen molar-refractivity contribution < 1.29 is 44.1 Å². The Labute approximate surface area is 169 Å². The first kappa shape index (κ1) is 26.1. The lowest BCUT2D eigenvalue weighted by atomic mass is 10.1. The van der Waals surface area contributed by atoms with Gasteiger partial charge in [-0.1, -0.05) is 0 Å². The predicted molar refractivity (Wildman–Crippen MR) is 98.4 cm³/mol. The summed E-state index contributed by atoms with van der Waals surface area (Å²) in [5.41, 5.74) is 10.4. The summed E-state index contributed by atoms with van der Waals surface area (Å²) in [5.74, 6) is -7.26. The van der Waals surface area contributed by atoms with Gasteiger partial charge in [-0.25, -0.2) is 4.79 Å². The molecule has 4 atom stereocenters. The van der Waals surface area contributed by atoms with Crippen molar-refractivity contribution >= 4 is 48.2 Å². The van der Waals surface area contributed by atoms with Gasteiger partial charge < -0.3 is 42.7 Å². The lowest BCUT2D eigenvalue weighted by Crippen LogP contribution is -2.58. The van der Waals surface area contributed by atoms with E-state index >= 15 is 0 Å². The van der Waals surface area contributed by atoms with Gasteiger partial charge in [0.1, 0.15) is 18.1 Å². The number of aliphatic hydroxyl groups excluding tert-OH is 1. The maximum atomic E-state index is 12.3. The Morgan fingerprint density at radius 2 is 1.31 bits per heavy atom. The van der Waals surface area contributed by atoms with E-state index in [2.05, 4.69) is 23.3 Å². The van der Waals surface area contributed by atoms with Crippen LogP contribution in [0.2, 0.25) is 0 Å². The molecule has 0 aliphatic heterocycles. The molecular formula is C14H23N5O9S. The Kier molecular flexibility index (Phi) is 11.3. The smallest absolute Gasteiger partial charge is 0.328 e. The number of carboxylic acids is 2. The number of hydrogen-bond acceptors (Lipinski definition) is 9. The average Bonchev–Trinajstić information content (AvgIpc) is 2.61. The van der Waals surface area contributed by atoms with Crippen LogP contribution in [0.25, 0.3) is 0 Å². The molecular weight excluding hydrogens is 414 g/mol. The number of thiol groups is 1. The van der Waals surface area contributed by atoms with Crippen molar-refractivity contribution in [2.24, 2.45) is 11.5 Å². The third-order valence-corrected chi connectivity index (χ3v) is 3.75. The summed E-state index contributed by atoms with van der Waals surface area (Å²) in [4.78, 5) is 68.9. The topological polar surface area (TPSA) is 251 Å². The van der Waals surface area contributed by atoms with E-state index in [1.54, 1.807) is 0 Å². The van der Waals surface area contributed by atoms with Gasteiger partial charge in [-0.15, -0.1) is 0 Å². The van der Waals surface area contributed by atoms with E-state index in [0.717, 1.165) is 0 Å². The van der Waals surface area contributed by atoms with Gasteiger partial charge in [0.2, 0.25) is 23.6 Å². The summed E-state index contributed by atoms with van der Waals surface area (Å²) in [7, 11) is 0. The lowest BCUT2D eigenvalue weighted by molar-refractivity contribution is -0.143. The minimum Gasteiger partial charge on any atom is -0.481 e. The lowest BCUT2D eigenvalue weighted by Gasteiger charge is -2.23. The Hall–Kier alpha value is -2.91. The van der Waals surface area contributed by atoms with Crippen LogP contribution in [0.4, 0.5) is 0 Å². The van der Waals surface area contributed by atoms with Crippen LogP contribution in [-0.4, -0.2) is 87.4 Å². The second kappa shape index (κ2) is 12.5. The van der Waals surface area contributed by atoms with E-state index in [-0.39, 0.29) is 5.75 Å². The van der Waals surface area contributed by atoms with Crippen LogP contribution in [0.5, 0.6) is 0 Å². The molecule has 0 saturated carbocycles. The van der Waals surface area contributed by atoms with Crippen molar-refractivity contribution in [3.63, 3.8) is 0 Å². The minimum atomic E-state index is -1.69. The van der Waals surface area contributed by atoms with Gasteiger partial charge in [-0.05, 0) is 0 Å². The van der Waals surface area contributed by atoms with Crippen LogP contribution in [0.1, 0.15) is 12.8 Å². The Morgan fingerprint density at radius 1 is 0.828 bits per heavy atom. The third kappa shape index (κ3) is 9.72. The van der Waals surface area contributed by atoms with Crippen LogP contribution in [-0.2, 0) is 28.8 Å². The molecule has 0 aromatic carbocycles. The molecule has 0 aromatic heterocycles. The Morgan fingerprint density at radius 3 is 1.72 bits per heavy atom. The summed E-state index contributed by atoms with van der Waals surface area (Å²) in [6.45, 7) is -0.949. The summed E-state index contributed by atoms with van der Waals surface area (Å²) >= 11 is 3.87. The Balaban J connectivity index is 5.19. The van der Waals surface area contributed by atoms with Crippen molar-refractivity contribution in [3.05, 3.63) is 0 Å². The predicted octanol–water partition coefficient (Wildman–Crippen LogP) is -4.88. The number of rotatable bonds is 13. The highest BCUT2D eigenvalue weighted by molar-refractivity contribution is 7.80. The molecule has 0 fully saturated rings. The zero-order valence-electron chi connectivity index (χ0n) is 15.0. The van der Waals surface area contributed by atoms with E-state index in [0.29, 0.717) is 0 Å². The zero-order valence-corrected chi connectivity index (χ0v) is 15.9. The zero-order chi connectivity index (χ0) is 22.7. The van der Waals surface area contributed by atoms with Crippen molar-refractivity contribution in [1.29, 1.82) is 0 Å². The molecule has 4 unspecified atom stereocenters. The number of aliphatic carboxylic acids is 2. The molecule has 0 heterocycles. The van der Waals surface area contributed by atoms with E-state index in [4.69, 9.17) is 26.8 Å². The first-order valence-electron chi connectivity index (χ1n) is 8.04. The normalized spacial score (nSPS) is 14.6. The molecule has 14 nitrogen and oxygen atoms in total. The summed E-state index contributed by atoms with van der Waals surface area (Å²) in [6, 6.07) is -6.11. The number of hydrogen-bond donors (Lipinski definition) is 9. The molecule has 0 spiro atoms. The van der Waals surface area contributed by atoms with Gasteiger partial charge in [0.15, 0.2) is 0 Å². The summed E-state index contributed by atoms with van der Waals surface area (Å²) in [6.07, 6.45) is -1.40. The maximum Gasteiger partial charge on any atom is 0.328 e. The number of carbonyl (C=O) groups is 6. The van der Waals surface area contributed by atoms with Gasteiger partial charge in [-0.2, -0.15) is 12.6 Å². The molecule has 0 radical (unpaired) electrons. The molecule has 0 saturated heterocycles. The van der Waals surface area contributed by atoms with E-state index in [9.17, 15) is 28.8 Å². The number of carboxylic acid groups (broad SMARTS) is 2. The number of aliphatic hydroxyl groups is 1. The molecule has 0 aromatic rings. The summed E-state index contributed by atoms with van der Waals surface area (Å²) < 4.78 is 0. The highest BCUT2D eigenvalue weighted by atomic mass is 32.1. The van der Waals surface area contributed by atoms with Gasteiger partial charge in [0, 0.05) is 5.75 Å². The molecule has 15 heteroatoms. The van der Waals surface area contributed by atoms with Crippen molar-refractivity contribution in [3.8, 4) is 0 Å². The highest BCUT2D eigenvalue weighted by Gasteiger charge is 2.30. The second-order valence-corrected chi connectivity index (χ2v) is 6.13. The number of nitrogens with two attached hydrogens (primary N) is 2. The fourth-order valence-electron chi connectivity index (χ4n) is 1.89. The molecule has 4 amide bonds. The molecule has 164 valence electrons. The average molecular weight is 437 g/mol. The molecule has 0 rings (SSSR count). The quantitative estimate of drug-likeness (QED) is 0.124. The fourth-order valence-corrected chi connectivity index (χ4v) is 2.15. The molecule has 0 aliphatic carbocycles. The first-order valence-corrected chi connectivity index (χ1v) is 8.67. The van der Waals surface area contributed by atoms with E-state index in [1.165, 1.54) is 0 Å². The SMILES string of the molecule is NC(=O)CC(NC(=O)C(CS)NC(=O)C(N)CC(=O)O)C(=O)NC(CO)C(=O)O. The number of primary amides is 1. The molecule has 0 aliphatic rings. The van der Waals surface area contributed by atoms with Crippen molar-refractivity contribution in [2.75, 3.05) is 12.4 Å². The standard InChI is InChI=1S/C14H23N5O9S/c15-5(1-10(22)23)11(24)19-8(4-29)13(26)17-6(2-9(16)21)12(25)18-7(3-20)14(27)28/h5-8,20,29H,1-4,15H2,(H2,16,21)(H,17,26)(H,18,25)(H,19,24)(H,22,23)(H,27,28). The molecule has 0 bridgehead atoms. The monoisotopic (exact) mass is 437 g/mol. The van der Waals surface area contributed by atoms with Gasteiger partial charge in [-0.3, -0.25) is 24.0 Å². The number of nitrogens with one attached hydrogen (secondary N) is 3. The number of carbonyl (C=O) groups excluding carboxylic acids is 4. The van der Waals surface area contributed by atoms with Crippen molar-refractivity contribution in [2.45, 2.75) is 37.0 Å². The van der Waals surface area contributed by atoms with Gasteiger partial charge in [0.05, 0.1) is 25.5 Å². The Bertz CT molecular complexity index is 659. The highest BCUT2D eigenvalue weighted by Crippen LogP contribution is 1.99. The largest absolute Gasteiger partial charge is 0.481 e. The van der Waals surface area contributed by atoms with Crippen LogP contribution in [0.15, 0.2) is 0 Å². The van der Waals surface area contributed by atoms with Crippen LogP contribution in [0, 0.1) is 0 Å². The first-order chi connectivity index (χ1) is 13.4. The van der Waals surface area contributed by atoms with Crippen LogP contribution < -0.4 is 27.4 Å². The van der Waals surface area contributed by atoms with Gasteiger partial charge in [0.25, 0.3) is 0 Å². The molecule has 10 N–H and O–H groups in total. The molecule has 29 heavy (non-hydrogen) atoms. The third-order valence-electron chi connectivity index (χ3n) is 3.38. The summed E-state index contributed by atoms with van der Waals surface area (Å²) in [5, 5.41) is 32.6. The minimum absolute atomic E-state index is 0.281. The van der Waals surface area contributed by atoms with Crippen LogP contribution in [0.3, 0.4) is 0 Å². The maximum absolute atomic E-state index is 12.3. The fraction of sp³-hybridized carbons (Fsp3) is 0.571. The van der Waals surface area contributed by atoms with Crippen molar-refractivity contribution in [1.82, 2.24) is 16.0 Å². The van der Waals surface area contributed by atoms with E-state index in [1.807, 2.05) is 5.32 Å². The van der Waals surface area contributed by atoms with Gasteiger partial charge >= 0.3 is 11.9 Å². The number of amides is 4. The van der Waals surface area contributed by atoms with Crippen LogP contribution >= 0.6 is 12.6 Å². The second-order valence-electron chi connectivity index (χ2n) is 5.76.